The van der Waals surface area contributed by atoms with E-state index in [9.17, 15) is 14.3 Å². The number of benzene rings is 4. The van der Waals surface area contributed by atoms with Crippen LogP contribution in [0, 0.1) is 12.7 Å². The first-order chi connectivity index (χ1) is 14.9. The lowest BCUT2D eigenvalue weighted by molar-refractivity contribution is -0.136. The third-order valence-corrected chi connectivity index (χ3v) is 6.45. The number of carboxylic acid groups (broad SMARTS) is 1. The molecule has 0 saturated carbocycles. The second-order valence-electron chi connectivity index (χ2n) is 7.68. The van der Waals surface area contributed by atoms with E-state index in [0.717, 1.165) is 44.2 Å². The molecular formula is C27H23FO2S. The summed E-state index contributed by atoms with van der Waals surface area (Å²) in [6.07, 6.45) is 2.63. The zero-order chi connectivity index (χ0) is 22.0. The maximum absolute atomic E-state index is 14.0. The molecule has 0 aliphatic carbocycles. The highest BCUT2D eigenvalue weighted by molar-refractivity contribution is 7.98. The SMILES string of the molecule is CSc1ccc(-c2ccc(Cc3c(C)c(CC(=O)O)cc4ccc(F)cc34)cc2)cc1. The van der Waals surface area contributed by atoms with Crippen LogP contribution in [-0.2, 0) is 17.6 Å². The minimum Gasteiger partial charge on any atom is -0.481 e. The molecule has 0 fully saturated rings. The third-order valence-electron chi connectivity index (χ3n) is 5.70. The standard InChI is InChI=1S/C27H23FO2S/c1-17-22(15-27(29)30)14-21-7-10-23(28)16-26(21)25(17)13-18-3-5-19(6-4-18)20-8-11-24(31-2)12-9-20/h3-12,14,16H,13,15H2,1-2H3,(H,29,30). The van der Waals surface area contributed by atoms with Gasteiger partial charge >= 0.3 is 5.97 Å². The van der Waals surface area contributed by atoms with Crippen LogP contribution in [0.3, 0.4) is 0 Å². The van der Waals surface area contributed by atoms with Crippen molar-refractivity contribution in [1.29, 1.82) is 0 Å². The molecule has 0 amide bonds. The van der Waals surface area contributed by atoms with Gasteiger partial charge in [-0.15, -0.1) is 11.8 Å². The number of thioether (sulfide) groups is 1. The molecule has 4 rings (SSSR count). The molecule has 4 heteroatoms. The molecule has 0 heterocycles. The number of hydrogen-bond donors (Lipinski definition) is 1. The number of carboxylic acids is 1. The Morgan fingerprint density at radius 1 is 0.935 bits per heavy atom. The predicted molar refractivity (Wildman–Crippen MR) is 126 cm³/mol. The van der Waals surface area contributed by atoms with Gasteiger partial charge in [0.1, 0.15) is 5.82 Å². The van der Waals surface area contributed by atoms with Crippen molar-refractivity contribution in [3.8, 4) is 11.1 Å². The Bertz CT molecular complexity index is 1250. The zero-order valence-corrected chi connectivity index (χ0v) is 18.3. The molecule has 2 nitrogen and oxygen atoms in total. The molecule has 0 atom stereocenters. The summed E-state index contributed by atoms with van der Waals surface area (Å²) >= 11 is 1.72. The molecule has 0 unspecified atom stereocenters. The van der Waals surface area contributed by atoms with E-state index in [2.05, 4.69) is 54.8 Å². The average Bonchev–Trinajstić information content (AvgIpc) is 2.77. The summed E-state index contributed by atoms with van der Waals surface area (Å²) in [4.78, 5) is 12.6. The normalized spacial score (nSPS) is 11.1. The average molecular weight is 431 g/mol. The largest absolute Gasteiger partial charge is 0.481 e. The lowest BCUT2D eigenvalue weighted by atomic mass is 9.89. The van der Waals surface area contributed by atoms with Crippen molar-refractivity contribution in [2.75, 3.05) is 6.26 Å². The summed E-state index contributed by atoms with van der Waals surface area (Å²) in [6.45, 7) is 1.93. The molecule has 0 spiro atoms. The fourth-order valence-corrected chi connectivity index (χ4v) is 4.39. The van der Waals surface area contributed by atoms with E-state index in [1.54, 1.807) is 23.9 Å². The number of aliphatic carboxylic acids is 1. The van der Waals surface area contributed by atoms with Crippen molar-refractivity contribution in [3.63, 3.8) is 0 Å². The molecule has 1 N–H and O–H groups in total. The number of carbonyl (C=O) groups is 1. The van der Waals surface area contributed by atoms with Gasteiger partial charge in [-0.05, 0) is 88.0 Å². The van der Waals surface area contributed by atoms with Crippen LogP contribution in [0.25, 0.3) is 21.9 Å². The highest BCUT2D eigenvalue weighted by atomic mass is 32.2. The lowest BCUT2D eigenvalue weighted by Gasteiger charge is -2.15. The molecule has 0 radical (unpaired) electrons. The minimum atomic E-state index is -0.868. The first-order valence-electron chi connectivity index (χ1n) is 10.1. The second-order valence-corrected chi connectivity index (χ2v) is 8.56. The molecule has 31 heavy (non-hydrogen) atoms. The Labute approximate surface area is 185 Å². The lowest BCUT2D eigenvalue weighted by Crippen LogP contribution is -2.05. The van der Waals surface area contributed by atoms with Crippen molar-refractivity contribution in [3.05, 3.63) is 101 Å². The zero-order valence-electron chi connectivity index (χ0n) is 17.5. The van der Waals surface area contributed by atoms with E-state index in [1.165, 1.54) is 11.0 Å². The molecule has 156 valence electrons. The van der Waals surface area contributed by atoms with Gasteiger partial charge < -0.3 is 5.11 Å². The summed E-state index contributed by atoms with van der Waals surface area (Å²) < 4.78 is 14.0. The molecule has 0 bridgehead atoms. The van der Waals surface area contributed by atoms with Crippen molar-refractivity contribution >= 4 is 28.5 Å². The van der Waals surface area contributed by atoms with Crippen LogP contribution in [-0.4, -0.2) is 17.3 Å². The molecule has 0 aromatic heterocycles. The topological polar surface area (TPSA) is 37.3 Å². The first kappa shape index (κ1) is 21.1. The van der Waals surface area contributed by atoms with Crippen LogP contribution in [0.1, 0.15) is 22.3 Å². The van der Waals surface area contributed by atoms with Crippen molar-refractivity contribution in [2.45, 2.75) is 24.7 Å². The number of halogens is 1. The van der Waals surface area contributed by atoms with Crippen molar-refractivity contribution in [2.24, 2.45) is 0 Å². The Kier molecular flexibility index (Phi) is 6.10. The quantitative estimate of drug-likeness (QED) is 0.338. The summed E-state index contributed by atoms with van der Waals surface area (Å²) in [6, 6.07) is 23.4. The first-order valence-corrected chi connectivity index (χ1v) is 11.3. The second kappa shape index (κ2) is 8.94. The Morgan fingerprint density at radius 2 is 1.58 bits per heavy atom. The summed E-state index contributed by atoms with van der Waals surface area (Å²) in [5.41, 5.74) is 6.07. The van der Waals surface area contributed by atoms with Crippen LogP contribution in [0.2, 0.25) is 0 Å². The fourth-order valence-electron chi connectivity index (χ4n) is 3.98. The highest BCUT2D eigenvalue weighted by Crippen LogP contribution is 2.30. The summed E-state index contributed by atoms with van der Waals surface area (Å²) in [5.74, 6) is -1.16. The Morgan fingerprint density at radius 3 is 2.19 bits per heavy atom. The Balaban J connectivity index is 1.70. The van der Waals surface area contributed by atoms with E-state index >= 15 is 0 Å². The monoisotopic (exact) mass is 430 g/mol. The van der Waals surface area contributed by atoms with Crippen LogP contribution < -0.4 is 0 Å². The van der Waals surface area contributed by atoms with Gasteiger partial charge in [-0.1, -0.05) is 48.5 Å². The molecule has 4 aromatic carbocycles. The van der Waals surface area contributed by atoms with Gasteiger partial charge in [0.15, 0.2) is 0 Å². The minimum absolute atomic E-state index is 0.0445. The fraction of sp³-hybridized carbons (Fsp3) is 0.148. The van der Waals surface area contributed by atoms with Gasteiger partial charge in [0, 0.05) is 4.90 Å². The van der Waals surface area contributed by atoms with E-state index in [4.69, 9.17) is 0 Å². The van der Waals surface area contributed by atoms with Crippen molar-refractivity contribution in [1.82, 2.24) is 0 Å². The summed E-state index contributed by atoms with van der Waals surface area (Å²) in [5, 5.41) is 11.0. The van der Waals surface area contributed by atoms with Crippen LogP contribution in [0.4, 0.5) is 4.39 Å². The van der Waals surface area contributed by atoms with E-state index in [0.29, 0.717) is 6.42 Å². The number of hydrogen-bond acceptors (Lipinski definition) is 2. The van der Waals surface area contributed by atoms with E-state index in [-0.39, 0.29) is 12.2 Å². The molecular weight excluding hydrogens is 407 g/mol. The van der Waals surface area contributed by atoms with Gasteiger partial charge in [-0.3, -0.25) is 4.79 Å². The Hall–Kier alpha value is -3.11. The highest BCUT2D eigenvalue weighted by Gasteiger charge is 2.14. The van der Waals surface area contributed by atoms with Gasteiger partial charge in [-0.25, -0.2) is 4.39 Å². The number of rotatable bonds is 6. The maximum Gasteiger partial charge on any atom is 0.307 e. The van der Waals surface area contributed by atoms with Gasteiger partial charge in [0.05, 0.1) is 6.42 Å². The maximum atomic E-state index is 14.0. The molecule has 0 aliphatic rings. The van der Waals surface area contributed by atoms with Crippen LogP contribution in [0.15, 0.2) is 77.7 Å². The van der Waals surface area contributed by atoms with E-state index < -0.39 is 5.97 Å². The predicted octanol–water partition coefficient (Wildman–Crippen LogP) is 6.89. The molecule has 0 aliphatic heterocycles. The van der Waals surface area contributed by atoms with Gasteiger partial charge in [0.25, 0.3) is 0 Å². The van der Waals surface area contributed by atoms with Crippen molar-refractivity contribution < 1.29 is 14.3 Å². The molecule has 4 aromatic rings. The smallest absolute Gasteiger partial charge is 0.307 e. The summed E-state index contributed by atoms with van der Waals surface area (Å²) in [7, 11) is 0. The molecule has 0 saturated heterocycles. The number of fused-ring (bicyclic) bond motifs is 1. The van der Waals surface area contributed by atoms with E-state index in [1.807, 2.05) is 13.0 Å². The van der Waals surface area contributed by atoms with Gasteiger partial charge in [-0.2, -0.15) is 0 Å². The van der Waals surface area contributed by atoms with Crippen LogP contribution in [0.5, 0.6) is 0 Å². The van der Waals surface area contributed by atoms with Crippen LogP contribution >= 0.6 is 11.8 Å². The third kappa shape index (κ3) is 4.64. The van der Waals surface area contributed by atoms with Gasteiger partial charge in [0.2, 0.25) is 0 Å².